The molecular formula is C23H28FN3O6S. The Kier molecular flexibility index (Phi) is 7.67. The van der Waals surface area contributed by atoms with Gasteiger partial charge >= 0.3 is 0 Å². The van der Waals surface area contributed by atoms with Gasteiger partial charge in [0.2, 0.25) is 10.0 Å². The highest BCUT2D eigenvalue weighted by Crippen LogP contribution is 2.31. The Balaban J connectivity index is 1.59. The molecule has 2 aliphatic heterocycles. The van der Waals surface area contributed by atoms with Crippen LogP contribution in [0.5, 0.6) is 5.75 Å². The van der Waals surface area contributed by atoms with Crippen molar-refractivity contribution >= 4 is 27.3 Å². The monoisotopic (exact) mass is 493 g/mol. The number of amides is 1. The molecule has 0 spiro atoms. The maximum atomic E-state index is 13.2. The lowest BCUT2D eigenvalue weighted by Gasteiger charge is -2.31. The molecule has 1 unspecified atom stereocenters. The van der Waals surface area contributed by atoms with Gasteiger partial charge < -0.3 is 24.4 Å². The van der Waals surface area contributed by atoms with E-state index in [0.29, 0.717) is 56.6 Å². The quantitative estimate of drug-likeness (QED) is 0.631. The maximum absolute atomic E-state index is 13.2. The zero-order chi connectivity index (χ0) is 24.1. The summed E-state index contributed by atoms with van der Waals surface area (Å²) in [7, 11) is -3.75. The average Bonchev–Trinajstić information content (AvgIpc) is 2.86. The molecule has 4 rings (SSSR count). The first-order chi connectivity index (χ1) is 16.3. The number of morpholine rings is 2. The summed E-state index contributed by atoms with van der Waals surface area (Å²) in [4.78, 5) is 15.1. The summed E-state index contributed by atoms with van der Waals surface area (Å²) in [6, 6.07) is 10.1. The summed E-state index contributed by atoms with van der Waals surface area (Å²) in [6.45, 7) is 5.09. The Labute approximate surface area is 198 Å². The number of ether oxygens (including phenoxy) is 3. The number of carbonyl (C=O) groups excluding carboxylic acids is 1. The smallest absolute Gasteiger partial charge is 0.265 e. The van der Waals surface area contributed by atoms with Crippen LogP contribution < -0.4 is 15.0 Å². The first-order valence-corrected chi connectivity index (χ1v) is 12.6. The third-order valence-electron chi connectivity index (χ3n) is 5.68. The number of hydrogen-bond acceptors (Lipinski definition) is 7. The van der Waals surface area contributed by atoms with E-state index < -0.39 is 27.9 Å². The SMILES string of the molecule is CC(Oc1ccc(F)cc1)C(=O)Nc1cc(S(=O)(=O)N2CCOCC2)ccc1N1CCOCC1. The van der Waals surface area contributed by atoms with Gasteiger partial charge in [-0.1, -0.05) is 0 Å². The fourth-order valence-electron chi connectivity index (χ4n) is 3.80. The van der Waals surface area contributed by atoms with Crippen molar-refractivity contribution in [3.05, 3.63) is 48.3 Å². The first-order valence-electron chi connectivity index (χ1n) is 11.1. The Hall–Kier alpha value is -2.73. The van der Waals surface area contributed by atoms with Crippen molar-refractivity contribution in [3.8, 4) is 5.75 Å². The first kappa shape index (κ1) is 24.4. The molecule has 2 fully saturated rings. The number of hydrogen-bond donors (Lipinski definition) is 1. The summed E-state index contributed by atoms with van der Waals surface area (Å²) < 4.78 is 57.2. The minimum atomic E-state index is -3.75. The molecule has 2 saturated heterocycles. The van der Waals surface area contributed by atoms with Gasteiger partial charge in [0.1, 0.15) is 11.6 Å². The summed E-state index contributed by atoms with van der Waals surface area (Å²) in [5.74, 6) is -0.515. The lowest BCUT2D eigenvalue weighted by molar-refractivity contribution is -0.122. The molecule has 0 aliphatic carbocycles. The highest BCUT2D eigenvalue weighted by Gasteiger charge is 2.28. The van der Waals surface area contributed by atoms with Crippen LogP contribution >= 0.6 is 0 Å². The molecule has 0 saturated carbocycles. The minimum Gasteiger partial charge on any atom is -0.481 e. The van der Waals surface area contributed by atoms with Crippen molar-refractivity contribution in [1.29, 1.82) is 0 Å². The summed E-state index contributed by atoms with van der Waals surface area (Å²) in [6.07, 6.45) is -0.900. The topological polar surface area (TPSA) is 97.4 Å². The number of carbonyl (C=O) groups is 1. The van der Waals surface area contributed by atoms with Crippen LogP contribution in [-0.2, 0) is 24.3 Å². The maximum Gasteiger partial charge on any atom is 0.265 e. The highest BCUT2D eigenvalue weighted by molar-refractivity contribution is 7.89. The fraction of sp³-hybridized carbons (Fsp3) is 0.435. The molecule has 2 heterocycles. The van der Waals surface area contributed by atoms with Gasteiger partial charge in [0.05, 0.1) is 42.7 Å². The van der Waals surface area contributed by atoms with Crippen LogP contribution in [-0.4, -0.2) is 77.3 Å². The molecule has 2 aliphatic rings. The predicted octanol–water partition coefficient (Wildman–Crippen LogP) is 2.09. The second kappa shape index (κ2) is 10.7. The minimum absolute atomic E-state index is 0.0915. The van der Waals surface area contributed by atoms with Gasteiger partial charge in [0, 0.05) is 26.2 Å². The number of sulfonamides is 1. The molecule has 0 aromatic heterocycles. The van der Waals surface area contributed by atoms with E-state index in [0.717, 1.165) is 0 Å². The summed E-state index contributed by atoms with van der Waals surface area (Å²) in [5.41, 5.74) is 1.07. The molecule has 1 N–H and O–H groups in total. The number of halogens is 1. The second-order valence-corrected chi connectivity index (χ2v) is 9.94. The van der Waals surface area contributed by atoms with Gasteiger partial charge in [-0.3, -0.25) is 4.79 Å². The van der Waals surface area contributed by atoms with E-state index in [2.05, 4.69) is 5.32 Å². The van der Waals surface area contributed by atoms with E-state index in [1.54, 1.807) is 19.1 Å². The van der Waals surface area contributed by atoms with Crippen LogP contribution in [0.2, 0.25) is 0 Å². The molecule has 184 valence electrons. The van der Waals surface area contributed by atoms with Gasteiger partial charge in [0.25, 0.3) is 5.91 Å². The lowest BCUT2D eigenvalue weighted by atomic mass is 10.2. The Morgan fingerprint density at radius 2 is 1.62 bits per heavy atom. The van der Waals surface area contributed by atoms with Gasteiger partial charge in [-0.15, -0.1) is 0 Å². The molecule has 0 radical (unpaired) electrons. The zero-order valence-electron chi connectivity index (χ0n) is 18.9. The van der Waals surface area contributed by atoms with Gasteiger partial charge in [-0.25, -0.2) is 12.8 Å². The second-order valence-electron chi connectivity index (χ2n) is 8.00. The van der Waals surface area contributed by atoms with E-state index >= 15 is 0 Å². The number of benzene rings is 2. The van der Waals surface area contributed by atoms with Crippen molar-refractivity contribution in [3.63, 3.8) is 0 Å². The van der Waals surface area contributed by atoms with E-state index in [1.807, 2.05) is 4.90 Å². The van der Waals surface area contributed by atoms with Crippen molar-refractivity contribution in [2.45, 2.75) is 17.9 Å². The fourth-order valence-corrected chi connectivity index (χ4v) is 5.23. The van der Waals surface area contributed by atoms with E-state index in [9.17, 15) is 17.6 Å². The van der Waals surface area contributed by atoms with E-state index in [1.165, 1.54) is 34.6 Å². The molecule has 34 heavy (non-hydrogen) atoms. The van der Waals surface area contributed by atoms with Crippen LogP contribution in [0, 0.1) is 5.82 Å². The van der Waals surface area contributed by atoms with Crippen LogP contribution in [0.4, 0.5) is 15.8 Å². The standard InChI is InChI=1S/C23H28FN3O6S/c1-17(33-19-4-2-18(24)3-5-19)23(28)25-21-16-20(34(29,30)27-10-14-32-15-11-27)6-7-22(21)26-8-12-31-13-9-26/h2-7,16-17H,8-15H2,1H3,(H,25,28). The molecule has 11 heteroatoms. The molecule has 2 aromatic rings. The van der Waals surface area contributed by atoms with Crippen LogP contribution in [0.3, 0.4) is 0 Å². The zero-order valence-corrected chi connectivity index (χ0v) is 19.7. The third kappa shape index (κ3) is 5.66. The van der Waals surface area contributed by atoms with E-state index in [4.69, 9.17) is 14.2 Å². The van der Waals surface area contributed by atoms with Crippen molar-refractivity contribution in [2.75, 3.05) is 62.8 Å². The average molecular weight is 494 g/mol. The molecule has 1 amide bonds. The summed E-state index contributed by atoms with van der Waals surface area (Å²) in [5, 5.41) is 2.83. The van der Waals surface area contributed by atoms with Crippen LogP contribution in [0.1, 0.15) is 6.92 Å². The Morgan fingerprint density at radius 1 is 1.00 bits per heavy atom. The predicted molar refractivity (Wildman–Crippen MR) is 124 cm³/mol. The van der Waals surface area contributed by atoms with Gasteiger partial charge in [-0.2, -0.15) is 4.31 Å². The molecule has 2 aromatic carbocycles. The van der Waals surface area contributed by atoms with Gasteiger partial charge in [-0.05, 0) is 49.4 Å². The molecule has 1 atom stereocenters. The molecule has 0 bridgehead atoms. The largest absolute Gasteiger partial charge is 0.481 e. The van der Waals surface area contributed by atoms with Crippen molar-refractivity contribution in [2.24, 2.45) is 0 Å². The number of rotatable bonds is 7. The number of nitrogens with zero attached hydrogens (tertiary/aromatic N) is 2. The van der Waals surface area contributed by atoms with E-state index in [-0.39, 0.29) is 18.0 Å². The Morgan fingerprint density at radius 3 is 2.26 bits per heavy atom. The highest BCUT2D eigenvalue weighted by atomic mass is 32.2. The number of anilines is 2. The molecular weight excluding hydrogens is 465 g/mol. The molecule has 9 nitrogen and oxygen atoms in total. The van der Waals surface area contributed by atoms with Crippen LogP contribution in [0.15, 0.2) is 47.4 Å². The Bertz CT molecular complexity index is 1100. The normalized spacial score (nSPS) is 18.4. The number of nitrogens with one attached hydrogen (secondary N) is 1. The third-order valence-corrected chi connectivity index (χ3v) is 7.58. The lowest BCUT2D eigenvalue weighted by Crippen LogP contribution is -2.41. The van der Waals surface area contributed by atoms with Crippen molar-refractivity contribution in [1.82, 2.24) is 4.31 Å². The van der Waals surface area contributed by atoms with Crippen LogP contribution in [0.25, 0.3) is 0 Å². The van der Waals surface area contributed by atoms with Crippen molar-refractivity contribution < 1.29 is 31.8 Å². The van der Waals surface area contributed by atoms with Gasteiger partial charge in [0.15, 0.2) is 6.10 Å². The summed E-state index contributed by atoms with van der Waals surface area (Å²) >= 11 is 0.